The number of hydrogen-bond donors (Lipinski definition) is 1. The number of allylic oxidation sites excluding steroid dienone is 1. The van der Waals surface area contributed by atoms with Crippen molar-refractivity contribution in [3.05, 3.63) is 42.0 Å². The van der Waals surface area contributed by atoms with E-state index in [1.165, 1.54) is 0 Å². The van der Waals surface area contributed by atoms with Crippen LogP contribution in [0.25, 0.3) is 0 Å². The van der Waals surface area contributed by atoms with Gasteiger partial charge in [-0.1, -0.05) is 29.8 Å². The lowest BCUT2D eigenvalue weighted by molar-refractivity contribution is 0.526. The standard InChI is InChI=1S/C13H16ClNO2S/c1-10-6-8-11(9-7-10)18(16,17)15-13-5-3-2-4-12(13)14/h2-3,6-9,12-13,15H,4-5H2,1H3/t12-,13-/m1/s1. The first-order chi connectivity index (χ1) is 8.49. The lowest BCUT2D eigenvalue weighted by Gasteiger charge is -2.24. The van der Waals surface area contributed by atoms with Crippen molar-refractivity contribution in [2.75, 3.05) is 0 Å². The summed E-state index contributed by atoms with van der Waals surface area (Å²) >= 11 is 6.12. The zero-order valence-electron chi connectivity index (χ0n) is 10.1. The van der Waals surface area contributed by atoms with Gasteiger partial charge in [-0.05, 0) is 31.9 Å². The Morgan fingerprint density at radius 2 is 1.78 bits per heavy atom. The van der Waals surface area contributed by atoms with Crippen molar-refractivity contribution in [3.63, 3.8) is 0 Å². The van der Waals surface area contributed by atoms with E-state index >= 15 is 0 Å². The van der Waals surface area contributed by atoms with Gasteiger partial charge >= 0.3 is 0 Å². The minimum atomic E-state index is -3.48. The van der Waals surface area contributed by atoms with Gasteiger partial charge in [0.15, 0.2) is 0 Å². The van der Waals surface area contributed by atoms with Crippen LogP contribution in [0.1, 0.15) is 18.4 Å². The summed E-state index contributed by atoms with van der Waals surface area (Å²) in [7, 11) is -3.48. The van der Waals surface area contributed by atoms with Gasteiger partial charge in [0.1, 0.15) is 0 Å². The van der Waals surface area contributed by atoms with Crippen LogP contribution in [0, 0.1) is 6.92 Å². The molecule has 0 amide bonds. The van der Waals surface area contributed by atoms with E-state index in [2.05, 4.69) is 4.72 Å². The van der Waals surface area contributed by atoms with E-state index in [1.807, 2.05) is 19.1 Å². The zero-order valence-corrected chi connectivity index (χ0v) is 11.7. The average Bonchev–Trinajstić information content (AvgIpc) is 2.32. The number of aryl methyl sites for hydroxylation is 1. The molecule has 0 saturated heterocycles. The summed E-state index contributed by atoms with van der Waals surface area (Å²) in [6, 6.07) is 6.56. The number of rotatable bonds is 3. The first-order valence-corrected chi connectivity index (χ1v) is 7.79. The van der Waals surface area contributed by atoms with E-state index in [4.69, 9.17) is 11.6 Å². The molecule has 3 nitrogen and oxygen atoms in total. The van der Waals surface area contributed by atoms with Crippen LogP contribution in [0.5, 0.6) is 0 Å². The second-order valence-corrected chi connectivity index (χ2v) is 6.77. The molecule has 1 aliphatic carbocycles. The van der Waals surface area contributed by atoms with Gasteiger partial charge in [0.2, 0.25) is 10.0 Å². The second-order valence-electron chi connectivity index (χ2n) is 4.50. The third-order valence-electron chi connectivity index (χ3n) is 2.99. The first kappa shape index (κ1) is 13.6. The summed E-state index contributed by atoms with van der Waals surface area (Å²) < 4.78 is 27.0. The van der Waals surface area contributed by atoms with E-state index in [0.717, 1.165) is 5.56 Å². The van der Waals surface area contributed by atoms with Gasteiger partial charge in [-0.2, -0.15) is 0 Å². The Labute approximate surface area is 113 Å². The quantitative estimate of drug-likeness (QED) is 0.685. The molecule has 0 bridgehead atoms. The Bertz CT molecular complexity index is 537. The van der Waals surface area contributed by atoms with Gasteiger partial charge < -0.3 is 0 Å². The Balaban J connectivity index is 2.16. The summed E-state index contributed by atoms with van der Waals surface area (Å²) in [6.45, 7) is 1.92. The monoisotopic (exact) mass is 285 g/mol. The molecular formula is C13H16ClNO2S. The molecule has 0 spiro atoms. The molecule has 18 heavy (non-hydrogen) atoms. The van der Waals surface area contributed by atoms with Gasteiger partial charge in [0.05, 0.1) is 10.3 Å². The summed E-state index contributed by atoms with van der Waals surface area (Å²) in [5, 5.41) is -0.185. The normalized spacial score (nSPS) is 24.1. The van der Waals surface area contributed by atoms with Crippen molar-refractivity contribution < 1.29 is 8.42 Å². The molecule has 0 heterocycles. The molecule has 1 aromatic rings. The fraction of sp³-hybridized carbons (Fsp3) is 0.385. The lowest BCUT2D eigenvalue weighted by Crippen LogP contribution is -2.41. The first-order valence-electron chi connectivity index (χ1n) is 5.87. The largest absolute Gasteiger partial charge is 0.240 e. The van der Waals surface area contributed by atoms with Gasteiger partial charge in [0, 0.05) is 6.04 Å². The fourth-order valence-electron chi connectivity index (χ4n) is 1.89. The maximum absolute atomic E-state index is 12.2. The molecule has 2 atom stereocenters. The van der Waals surface area contributed by atoms with Crippen LogP contribution in [-0.2, 0) is 10.0 Å². The minimum Gasteiger partial charge on any atom is -0.207 e. The topological polar surface area (TPSA) is 46.2 Å². The highest BCUT2D eigenvalue weighted by Crippen LogP contribution is 2.20. The van der Waals surface area contributed by atoms with Gasteiger partial charge in [-0.3, -0.25) is 0 Å². The summed E-state index contributed by atoms with van der Waals surface area (Å²) in [6.07, 6.45) is 5.28. The van der Waals surface area contributed by atoms with Crippen LogP contribution < -0.4 is 4.72 Å². The van der Waals surface area contributed by atoms with Gasteiger partial charge in [-0.15, -0.1) is 11.6 Å². The van der Waals surface area contributed by atoms with Crippen molar-refractivity contribution in [1.82, 2.24) is 4.72 Å². The van der Waals surface area contributed by atoms with E-state index in [-0.39, 0.29) is 16.3 Å². The number of alkyl halides is 1. The highest BCUT2D eigenvalue weighted by Gasteiger charge is 2.26. The maximum Gasteiger partial charge on any atom is 0.240 e. The van der Waals surface area contributed by atoms with Gasteiger partial charge in [-0.25, -0.2) is 13.1 Å². The summed E-state index contributed by atoms with van der Waals surface area (Å²) in [5.74, 6) is 0. The highest BCUT2D eigenvalue weighted by atomic mass is 35.5. The van der Waals surface area contributed by atoms with Crippen molar-refractivity contribution in [1.29, 1.82) is 0 Å². The summed E-state index contributed by atoms with van der Waals surface area (Å²) in [5.41, 5.74) is 1.03. The van der Waals surface area contributed by atoms with Gasteiger partial charge in [0.25, 0.3) is 0 Å². The molecule has 1 aliphatic rings. The molecule has 2 rings (SSSR count). The van der Waals surface area contributed by atoms with Crippen LogP contribution in [0.4, 0.5) is 0 Å². The van der Waals surface area contributed by atoms with Crippen molar-refractivity contribution >= 4 is 21.6 Å². The highest BCUT2D eigenvalue weighted by molar-refractivity contribution is 7.89. The lowest BCUT2D eigenvalue weighted by atomic mass is 10.0. The van der Waals surface area contributed by atoms with Crippen LogP contribution >= 0.6 is 11.6 Å². The van der Waals surface area contributed by atoms with Crippen LogP contribution in [0.3, 0.4) is 0 Å². The SMILES string of the molecule is Cc1ccc(S(=O)(=O)N[C@@H]2CC=CC[C@H]2Cl)cc1. The average molecular weight is 286 g/mol. The van der Waals surface area contributed by atoms with Crippen molar-refractivity contribution in [2.45, 2.75) is 36.1 Å². The molecule has 98 valence electrons. The Morgan fingerprint density at radius 1 is 1.17 bits per heavy atom. The van der Waals surface area contributed by atoms with E-state index in [1.54, 1.807) is 24.3 Å². The number of benzene rings is 1. The smallest absolute Gasteiger partial charge is 0.207 e. The fourth-order valence-corrected chi connectivity index (χ4v) is 3.52. The number of halogens is 1. The second kappa shape index (κ2) is 5.43. The Kier molecular flexibility index (Phi) is 4.10. The molecule has 0 aliphatic heterocycles. The van der Waals surface area contributed by atoms with Crippen LogP contribution in [0.15, 0.2) is 41.3 Å². The number of nitrogens with one attached hydrogen (secondary N) is 1. The number of hydrogen-bond acceptors (Lipinski definition) is 2. The molecule has 5 heteroatoms. The predicted molar refractivity (Wildman–Crippen MR) is 73.3 cm³/mol. The predicted octanol–water partition coefficient (Wildman–Crippen LogP) is 2.60. The molecule has 1 N–H and O–H groups in total. The molecule has 1 aromatic carbocycles. The molecule has 0 saturated carbocycles. The van der Waals surface area contributed by atoms with Crippen molar-refractivity contribution in [2.24, 2.45) is 0 Å². The van der Waals surface area contributed by atoms with Crippen LogP contribution in [0.2, 0.25) is 0 Å². The van der Waals surface area contributed by atoms with E-state index < -0.39 is 10.0 Å². The van der Waals surface area contributed by atoms with E-state index in [0.29, 0.717) is 12.8 Å². The molecule has 0 aromatic heterocycles. The molecular weight excluding hydrogens is 270 g/mol. The molecule has 0 radical (unpaired) electrons. The maximum atomic E-state index is 12.2. The Morgan fingerprint density at radius 3 is 2.39 bits per heavy atom. The third kappa shape index (κ3) is 3.13. The Hall–Kier alpha value is -0.840. The minimum absolute atomic E-state index is 0.185. The van der Waals surface area contributed by atoms with E-state index in [9.17, 15) is 8.42 Å². The zero-order chi connectivity index (χ0) is 13.2. The van der Waals surface area contributed by atoms with Crippen molar-refractivity contribution in [3.8, 4) is 0 Å². The summed E-state index contributed by atoms with van der Waals surface area (Å²) in [4.78, 5) is 0.284. The van der Waals surface area contributed by atoms with Crippen LogP contribution in [-0.4, -0.2) is 19.8 Å². The molecule has 0 fully saturated rings. The third-order valence-corrected chi connectivity index (χ3v) is 4.98. The molecule has 0 unspecified atom stereocenters. The number of sulfonamides is 1.